The van der Waals surface area contributed by atoms with Gasteiger partial charge in [0.05, 0.1) is 24.1 Å². The monoisotopic (exact) mass is 324 g/mol. The molecule has 2 atom stereocenters. The van der Waals surface area contributed by atoms with E-state index in [1.807, 2.05) is 0 Å². The van der Waals surface area contributed by atoms with Crippen molar-refractivity contribution in [3.05, 3.63) is 29.6 Å². The molecule has 0 spiro atoms. The molecule has 1 aromatic rings. The highest BCUT2D eigenvalue weighted by Gasteiger charge is 2.42. The zero-order valence-electron chi connectivity index (χ0n) is 13.4. The average Bonchev–Trinajstić information content (AvgIpc) is 2.90. The highest BCUT2D eigenvalue weighted by atomic mass is 19.1. The molecular weight excluding hydrogens is 303 g/mol. The summed E-state index contributed by atoms with van der Waals surface area (Å²) in [7, 11) is 1.44. The number of hydrogen-bond donors (Lipinski definition) is 2. The number of nitrogens with one attached hydrogen (secondary N) is 1. The van der Waals surface area contributed by atoms with Crippen LogP contribution in [0.25, 0.3) is 0 Å². The number of nitrogens with zero attached hydrogens (tertiary/aromatic N) is 1. The van der Waals surface area contributed by atoms with Gasteiger partial charge in [-0.25, -0.2) is 9.18 Å². The van der Waals surface area contributed by atoms with Crippen LogP contribution in [0.5, 0.6) is 5.75 Å². The molecule has 1 fully saturated rings. The summed E-state index contributed by atoms with van der Waals surface area (Å²) in [5.74, 6) is -1.03. The van der Waals surface area contributed by atoms with Gasteiger partial charge in [0.25, 0.3) is 0 Å². The van der Waals surface area contributed by atoms with Gasteiger partial charge in [-0.05, 0) is 32.4 Å². The van der Waals surface area contributed by atoms with Gasteiger partial charge in [0.1, 0.15) is 11.6 Å². The first-order valence-electron chi connectivity index (χ1n) is 7.40. The number of hydrogen-bond acceptors (Lipinski definition) is 3. The Kier molecular flexibility index (Phi) is 4.77. The molecule has 0 saturated carbocycles. The third-order valence-electron chi connectivity index (χ3n) is 4.28. The number of halogens is 1. The Hall–Kier alpha value is -2.31. The maximum Gasteiger partial charge on any atom is 0.317 e. The van der Waals surface area contributed by atoms with E-state index in [1.54, 1.807) is 19.9 Å². The van der Waals surface area contributed by atoms with E-state index in [0.717, 1.165) is 0 Å². The minimum Gasteiger partial charge on any atom is -0.496 e. The smallest absolute Gasteiger partial charge is 0.317 e. The van der Waals surface area contributed by atoms with Crippen molar-refractivity contribution in [3.8, 4) is 5.75 Å². The van der Waals surface area contributed by atoms with E-state index in [4.69, 9.17) is 4.74 Å². The Balaban J connectivity index is 2.08. The molecule has 0 radical (unpaired) electrons. The summed E-state index contributed by atoms with van der Waals surface area (Å²) in [6.07, 6.45) is 0.396. The van der Waals surface area contributed by atoms with Crippen molar-refractivity contribution < 1.29 is 23.8 Å². The lowest BCUT2D eigenvalue weighted by Crippen LogP contribution is -2.42. The number of carboxylic acid groups (broad SMARTS) is 1. The van der Waals surface area contributed by atoms with Crippen LogP contribution in [0.3, 0.4) is 0 Å². The number of urea groups is 1. The van der Waals surface area contributed by atoms with Crippen LogP contribution < -0.4 is 10.1 Å². The zero-order chi connectivity index (χ0) is 17.2. The molecule has 0 aromatic heterocycles. The molecule has 6 nitrogen and oxygen atoms in total. The predicted molar refractivity (Wildman–Crippen MR) is 81.8 cm³/mol. The highest BCUT2D eigenvalue weighted by molar-refractivity contribution is 5.79. The van der Waals surface area contributed by atoms with Crippen LogP contribution in [0.15, 0.2) is 18.2 Å². The Morgan fingerprint density at radius 2 is 2.17 bits per heavy atom. The molecule has 126 valence electrons. The molecule has 1 saturated heterocycles. The molecule has 2 N–H and O–H groups in total. The van der Waals surface area contributed by atoms with Gasteiger partial charge in [-0.3, -0.25) is 4.79 Å². The number of carboxylic acids is 1. The van der Waals surface area contributed by atoms with Crippen LogP contribution in [0.4, 0.5) is 9.18 Å². The van der Waals surface area contributed by atoms with Crippen LogP contribution in [0.2, 0.25) is 0 Å². The highest BCUT2D eigenvalue weighted by Crippen LogP contribution is 2.31. The van der Waals surface area contributed by atoms with Crippen molar-refractivity contribution in [2.75, 3.05) is 20.2 Å². The summed E-state index contributed by atoms with van der Waals surface area (Å²) >= 11 is 0. The second kappa shape index (κ2) is 6.44. The molecule has 23 heavy (non-hydrogen) atoms. The van der Waals surface area contributed by atoms with Crippen LogP contribution in [0.1, 0.15) is 31.9 Å². The number of methoxy groups -OCH3 is 1. The number of rotatable bonds is 4. The van der Waals surface area contributed by atoms with E-state index in [0.29, 0.717) is 18.7 Å². The molecule has 1 heterocycles. The lowest BCUT2D eigenvalue weighted by atomic mass is 9.90. The van der Waals surface area contributed by atoms with Crippen molar-refractivity contribution >= 4 is 12.0 Å². The first-order chi connectivity index (χ1) is 10.8. The molecule has 0 aliphatic carbocycles. The standard InChI is InChI=1S/C16H21FN2O4/c1-10(13-11(17)5-4-6-12(13)23-3)18-15(22)19-8-7-16(2,9-19)14(20)21/h4-6,10H,7-9H2,1-3H3,(H,18,22)(H,20,21). The van der Waals surface area contributed by atoms with E-state index in [-0.39, 0.29) is 12.1 Å². The van der Waals surface area contributed by atoms with Crippen LogP contribution in [-0.4, -0.2) is 42.2 Å². The average molecular weight is 324 g/mol. The SMILES string of the molecule is COc1cccc(F)c1C(C)NC(=O)N1CCC(C)(C(=O)O)C1. The molecular formula is C16H21FN2O4. The van der Waals surface area contributed by atoms with Crippen molar-refractivity contribution in [3.63, 3.8) is 0 Å². The van der Waals surface area contributed by atoms with E-state index >= 15 is 0 Å². The fraction of sp³-hybridized carbons (Fsp3) is 0.500. The zero-order valence-corrected chi connectivity index (χ0v) is 13.4. The number of aliphatic carboxylic acids is 1. The summed E-state index contributed by atoms with van der Waals surface area (Å²) in [6.45, 7) is 3.77. The van der Waals surface area contributed by atoms with Gasteiger partial charge < -0.3 is 20.1 Å². The predicted octanol–water partition coefficient (Wildman–Crippen LogP) is 2.40. The maximum atomic E-state index is 14.0. The summed E-state index contributed by atoms with van der Waals surface area (Å²) in [5, 5.41) is 11.9. The van der Waals surface area contributed by atoms with Gasteiger partial charge in [-0.15, -0.1) is 0 Å². The Labute approximate surface area is 134 Å². The normalized spacial score (nSPS) is 21.8. The van der Waals surface area contributed by atoms with E-state index in [9.17, 15) is 19.1 Å². The molecule has 2 amide bonds. The Morgan fingerprint density at radius 3 is 2.74 bits per heavy atom. The molecule has 1 aliphatic rings. The first kappa shape index (κ1) is 17.1. The van der Waals surface area contributed by atoms with Crippen molar-refractivity contribution in [1.82, 2.24) is 10.2 Å². The van der Waals surface area contributed by atoms with Crippen LogP contribution in [-0.2, 0) is 4.79 Å². The lowest BCUT2D eigenvalue weighted by Gasteiger charge is -2.24. The molecule has 2 unspecified atom stereocenters. The van der Waals surface area contributed by atoms with Crippen molar-refractivity contribution in [2.24, 2.45) is 5.41 Å². The fourth-order valence-corrected chi connectivity index (χ4v) is 2.77. The van der Waals surface area contributed by atoms with Crippen LogP contribution >= 0.6 is 0 Å². The van der Waals surface area contributed by atoms with E-state index in [1.165, 1.54) is 24.1 Å². The number of ether oxygens (including phenoxy) is 1. The van der Waals surface area contributed by atoms with Gasteiger partial charge in [0.15, 0.2) is 0 Å². The van der Waals surface area contributed by atoms with E-state index in [2.05, 4.69) is 5.32 Å². The minimum absolute atomic E-state index is 0.134. The van der Waals surface area contributed by atoms with Crippen molar-refractivity contribution in [2.45, 2.75) is 26.3 Å². The van der Waals surface area contributed by atoms with E-state index < -0.39 is 29.3 Å². The van der Waals surface area contributed by atoms with Gasteiger partial charge in [0, 0.05) is 13.1 Å². The molecule has 1 aromatic carbocycles. The quantitative estimate of drug-likeness (QED) is 0.891. The van der Waals surface area contributed by atoms with Gasteiger partial charge in [-0.1, -0.05) is 6.07 Å². The lowest BCUT2D eigenvalue weighted by molar-refractivity contribution is -0.147. The number of carbonyl (C=O) groups excluding carboxylic acids is 1. The van der Waals surface area contributed by atoms with Gasteiger partial charge in [0.2, 0.25) is 0 Å². The second-order valence-electron chi connectivity index (χ2n) is 6.06. The number of amides is 2. The number of benzene rings is 1. The fourth-order valence-electron chi connectivity index (χ4n) is 2.77. The summed E-state index contributed by atoms with van der Waals surface area (Å²) in [5.41, 5.74) is -0.667. The minimum atomic E-state index is -0.934. The number of carbonyl (C=O) groups is 2. The molecule has 1 aliphatic heterocycles. The Bertz CT molecular complexity index is 622. The van der Waals surface area contributed by atoms with Crippen LogP contribution in [0, 0.1) is 11.2 Å². The second-order valence-corrected chi connectivity index (χ2v) is 6.06. The third kappa shape index (κ3) is 3.38. The molecule has 0 bridgehead atoms. The van der Waals surface area contributed by atoms with Gasteiger partial charge >= 0.3 is 12.0 Å². The summed E-state index contributed by atoms with van der Waals surface area (Å²) in [4.78, 5) is 25.0. The maximum absolute atomic E-state index is 14.0. The summed E-state index contributed by atoms with van der Waals surface area (Å²) < 4.78 is 19.2. The molecule has 2 rings (SSSR count). The first-order valence-corrected chi connectivity index (χ1v) is 7.40. The Morgan fingerprint density at radius 1 is 1.48 bits per heavy atom. The van der Waals surface area contributed by atoms with Crippen molar-refractivity contribution in [1.29, 1.82) is 0 Å². The van der Waals surface area contributed by atoms with Gasteiger partial charge in [-0.2, -0.15) is 0 Å². The molecule has 7 heteroatoms. The topological polar surface area (TPSA) is 78.9 Å². The summed E-state index contributed by atoms with van der Waals surface area (Å²) in [6, 6.07) is 3.45. The third-order valence-corrected chi connectivity index (χ3v) is 4.28. The number of likely N-dealkylation sites (tertiary alicyclic amines) is 1. The largest absolute Gasteiger partial charge is 0.496 e.